The molecule has 1 aromatic heterocycles. The van der Waals surface area contributed by atoms with Gasteiger partial charge in [-0.15, -0.1) is 5.10 Å². The second kappa shape index (κ2) is 6.89. The van der Waals surface area contributed by atoms with Crippen molar-refractivity contribution < 1.29 is 13.2 Å². The van der Waals surface area contributed by atoms with Crippen LogP contribution >= 0.6 is 0 Å². The first-order chi connectivity index (χ1) is 10.7. The zero-order valence-corrected chi connectivity index (χ0v) is 14.6. The molecule has 1 aromatic rings. The third kappa shape index (κ3) is 4.24. The molecule has 2 heterocycles. The molecule has 0 saturated carbocycles. The molecule has 1 aliphatic rings. The minimum absolute atomic E-state index is 0.0466. The van der Waals surface area contributed by atoms with E-state index in [1.807, 2.05) is 13.8 Å². The quantitative estimate of drug-likeness (QED) is 0.675. The summed E-state index contributed by atoms with van der Waals surface area (Å²) in [6.07, 6.45) is 1.38. The van der Waals surface area contributed by atoms with E-state index in [1.165, 1.54) is 25.1 Å². The van der Waals surface area contributed by atoms with Gasteiger partial charge in [0.2, 0.25) is 5.91 Å². The van der Waals surface area contributed by atoms with Crippen molar-refractivity contribution >= 4 is 16.1 Å². The molecule has 2 rings (SSSR count). The molecule has 0 spiro atoms. The Balaban J connectivity index is 2.07. The van der Waals surface area contributed by atoms with Crippen LogP contribution in [0.5, 0.6) is 0 Å². The van der Waals surface area contributed by atoms with Crippen LogP contribution in [-0.4, -0.2) is 77.0 Å². The summed E-state index contributed by atoms with van der Waals surface area (Å²) in [7, 11) is -0.590. The highest BCUT2D eigenvalue weighted by Crippen LogP contribution is 2.25. The van der Waals surface area contributed by atoms with Crippen molar-refractivity contribution in [2.45, 2.75) is 26.4 Å². The fraction of sp³-hybridized carbons (Fsp3) is 0.833. The van der Waals surface area contributed by atoms with E-state index >= 15 is 0 Å². The molecule has 11 heteroatoms. The molecule has 0 radical (unpaired) electrons. The van der Waals surface area contributed by atoms with Crippen LogP contribution in [0.4, 0.5) is 0 Å². The first-order valence-corrected chi connectivity index (χ1v) is 8.83. The zero-order valence-electron chi connectivity index (χ0n) is 13.7. The Morgan fingerprint density at radius 2 is 2.09 bits per heavy atom. The van der Waals surface area contributed by atoms with E-state index in [2.05, 4.69) is 20.2 Å². The Labute approximate surface area is 136 Å². The van der Waals surface area contributed by atoms with Crippen molar-refractivity contribution in [2.75, 3.05) is 27.2 Å². The Bertz CT molecular complexity index is 629. The lowest BCUT2D eigenvalue weighted by Gasteiger charge is -2.24. The van der Waals surface area contributed by atoms with Crippen LogP contribution in [0.15, 0.2) is 6.33 Å². The highest BCUT2D eigenvalue weighted by atomic mass is 32.2. The van der Waals surface area contributed by atoms with Crippen molar-refractivity contribution in [3.05, 3.63) is 6.33 Å². The van der Waals surface area contributed by atoms with Gasteiger partial charge in [0.1, 0.15) is 12.9 Å². The van der Waals surface area contributed by atoms with E-state index in [-0.39, 0.29) is 30.3 Å². The smallest absolute Gasteiger partial charge is 0.279 e. The monoisotopic (exact) mass is 345 g/mol. The number of nitrogens with one attached hydrogen (secondary N) is 1. The van der Waals surface area contributed by atoms with Gasteiger partial charge in [-0.3, -0.25) is 4.79 Å². The van der Waals surface area contributed by atoms with E-state index in [0.29, 0.717) is 13.1 Å². The van der Waals surface area contributed by atoms with Gasteiger partial charge in [0.05, 0.1) is 0 Å². The van der Waals surface area contributed by atoms with Gasteiger partial charge in [0.15, 0.2) is 0 Å². The van der Waals surface area contributed by atoms with E-state index in [1.54, 1.807) is 4.90 Å². The maximum atomic E-state index is 12.3. The molecule has 1 fully saturated rings. The average Bonchev–Trinajstić information content (AvgIpc) is 3.07. The first-order valence-electron chi connectivity index (χ1n) is 7.39. The first kappa shape index (κ1) is 17.8. The highest BCUT2D eigenvalue weighted by Gasteiger charge is 2.39. The third-order valence-electron chi connectivity index (χ3n) is 4.04. The van der Waals surface area contributed by atoms with Crippen molar-refractivity contribution in [1.82, 2.24) is 34.1 Å². The summed E-state index contributed by atoms with van der Waals surface area (Å²) in [5.74, 6) is 0.174. The Morgan fingerprint density at radius 1 is 1.39 bits per heavy atom. The lowest BCUT2D eigenvalue weighted by molar-refractivity contribution is -0.131. The summed E-state index contributed by atoms with van der Waals surface area (Å²) in [6, 6.07) is -0.305. The van der Waals surface area contributed by atoms with Crippen LogP contribution in [0, 0.1) is 11.8 Å². The number of carbonyl (C=O) groups is 1. The Kier molecular flexibility index (Phi) is 5.32. The lowest BCUT2D eigenvalue weighted by Crippen LogP contribution is -2.47. The van der Waals surface area contributed by atoms with Gasteiger partial charge < -0.3 is 4.90 Å². The van der Waals surface area contributed by atoms with Crippen molar-refractivity contribution in [2.24, 2.45) is 11.8 Å². The number of hydrogen-bond acceptors (Lipinski definition) is 6. The van der Waals surface area contributed by atoms with E-state index in [4.69, 9.17) is 0 Å². The molecule has 0 aliphatic carbocycles. The third-order valence-corrected chi connectivity index (χ3v) is 5.61. The van der Waals surface area contributed by atoms with Crippen LogP contribution < -0.4 is 4.72 Å². The van der Waals surface area contributed by atoms with Gasteiger partial charge in [0.25, 0.3) is 10.2 Å². The van der Waals surface area contributed by atoms with E-state index in [0.717, 1.165) is 4.31 Å². The van der Waals surface area contributed by atoms with E-state index < -0.39 is 10.2 Å². The minimum atomic E-state index is -3.54. The van der Waals surface area contributed by atoms with E-state index in [9.17, 15) is 13.2 Å². The number of likely N-dealkylation sites (tertiary alicyclic amines) is 1. The molecular weight excluding hydrogens is 322 g/mol. The second-order valence-corrected chi connectivity index (χ2v) is 8.14. The fourth-order valence-corrected chi connectivity index (χ4v) is 3.46. The normalized spacial score (nSPS) is 22.3. The lowest BCUT2D eigenvalue weighted by atomic mass is 9.92. The minimum Gasteiger partial charge on any atom is -0.339 e. The maximum absolute atomic E-state index is 12.3. The predicted molar refractivity (Wildman–Crippen MR) is 82.3 cm³/mol. The largest absolute Gasteiger partial charge is 0.339 e. The molecule has 1 saturated heterocycles. The number of carbonyl (C=O) groups excluding carboxylic acids is 1. The summed E-state index contributed by atoms with van der Waals surface area (Å²) < 4.78 is 29.3. The molecule has 10 nitrogen and oxygen atoms in total. The molecule has 0 aromatic carbocycles. The fourth-order valence-electron chi connectivity index (χ4n) is 2.62. The van der Waals surface area contributed by atoms with Gasteiger partial charge in [-0.1, -0.05) is 13.8 Å². The number of nitrogens with zero attached hydrogens (tertiary/aromatic N) is 6. The SMILES string of the molecule is CC(C)[C@@H]1CN(C(=O)Cn2cnnn2)C[C@H]1NS(=O)(=O)N(C)C. The summed E-state index contributed by atoms with van der Waals surface area (Å²) in [4.78, 5) is 14.0. The highest BCUT2D eigenvalue weighted by molar-refractivity contribution is 7.87. The van der Waals surface area contributed by atoms with Crippen LogP contribution in [0.3, 0.4) is 0 Å². The van der Waals surface area contributed by atoms with Crippen molar-refractivity contribution in [3.63, 3.8) is 0 Å². The number of hydrogen-bond donors (Lipinski definition) is 1. The second-order valence-electron chi connectivity index (χ2n) is 6.23. The molecule has 1 N–H and O–H groups in total. The molecule has 1 aliphatic heterocycles. The summed E-state index contributed by atoms with van der Waals surface area (Å²) in [5, 5.41) is 10.7. The van der Waals surface area contributed by atoms with Crippen molar-refractivity contribution in [3.8, 4) is 0 Å². The number of amides is 1. The molecule has 1 amide bonds. The van der Waals surface area contributed by atoms with Crippen LogP contribution in [0.1, 0.15) is 13.8 Å². The van der Waals surface area contributed by atoms with Gasteiger partial charge in [0, 0.05) is 33.2 Å². The molecule has 0 unspecified atom stereocenters. The topological polar surface area (TPSA) is 113 Å². The van der Waals surface area contributed by atoms with Crippen molar-refractivity contribution in [1.29, 1.82) is 0 Å². The summed E-state index contributed by atoms with van der Waals surface area (Å²) in [6.45, 7) is 4.95. The predicted octanol–water partition coefficient (Wildman–Crippen LogP) is -1.45. The summed E-state index contributed by atoms with van der Waals surface area (Å²) in [5.41, 5.74) is 0. The maximum Gasteiger partial charge on any atom is 0.279 e. The molecule has 23 heavy (non-hydrogen) atoms. The van der Waals surface area contributed by atoms with Crippen LogP contribution in [0.2, 0.25) is 0 Å². The van der Waals surface area contributed by atoms with Gasteiger partial charge in [-0.05, 0) is 22.3 Å². The van der Waals surface area contributed by atoms with Gasteiger partial charge in [-0.2, -0.15) is 17.4 Å². The zero-order chi connectivity index (χ0) is 17.2. The van der Waals surface area contributed by atoms with Crippen LogP contribution in [-0.2, 0) is 21.5 Å². The molecule has 2 atom stereocenters. The molecule has 0 bridgehead atoms. The Morgan fingerprint density at radius 3 is 2.61 bits per heavy atom. The van der Waals surface area contributed by atoms with Crippen LogP contribution in [0.25, 0.3) is 0 Å². The molecule has 130 valence electrons. The number of aromatic nitrogens is 4. The standard InChI is InChI=1S/C12H23N7O3S/c1-9(2)10-5-18(12(20)7-19-8-13-15-16-19)6-11(10)14-23(21,22)17(3)4/h8-11,14H,5-7H2,1-4H3/t10-,11+/m0/s1. The average molecular weight is 345 g/mol. The number of rotatable bonds is 6. The summed E-state index contributed by atoms with van der Waals surface area (Å²) >= 11 is 0. The number of tetrazole rings is 1. The molecular formula is C12H23N7O3S. The van der Waals surface area contributed by atoms with Gasteiger partial charge in [-0.25, -0.2) is 4.68 Å². The van der Waals surface area contributed by atoms with Gasteiger partial charge >= 0.3 is 0 Å². The Hall–Kier alpha value is -1.59.